The van der Waals surface area contributed by atoms with Gasteiger partial charge in [-0.15, -0.1) is 11.6 Å². The minimum absolute atomic E-state index is 0.211. The molecule has 0 saturated carbocycles. The number of pyridine rings is 1. The second-order valence-electron chi connectivity index (χ2n) is 4.38. The van der Waals surface area contributed by atoms with Crippen LogP contribution < -0.4 is 0 Å². The Kier molecular flexibility index (Phi) is 3.14. The summed E-state index contributed by atoms with van der Waals surface area (Å²) in [5.74, 6) is -0.808. The summed E-state index contributed by atoms with van der Waals surface area (Å²) in [6.45, 7) is 1.74. The number of benzene rings is 1. The van der Waals surface area contributed by atoms with Crippen molar-refractivity contribution in [1.82, 2.24) is 14.5 Å². The van der Waals surface area contributed by atoms with E-state index in [1.807, 2.05) is 0 Å². The third-order valence-corrected chi connectivity index (χ3v) is 3.18. The van der Waals surface area contributed by atoms with Gasteiger partial charge in [-0.05, 0) is 25.1 Å². The number of alkyl halides is 1. The Morgan fingerprint density at radius 3 is 2.75 bits per heavy atom. The van der Waals surface area contributed by atoms with E-state index < -0.39 is 17.0 Å². The Hall–Kier alpha value is -2.01. The largest absolute Gasteiger partial charge is 0.292 e. The second-order valence-corrected chi connectivity index (χ2v) is 5.04. The Morgan fingerprint density at radius 1 is 1.25 bits per heavy atom. The van der Waals surface area contributed by atoms with E-state index in [0.717, 1.165) is 6.07 Å². The molecule has 6 heteroatoms. The van der Waals surface area contributed by atoms with Crippen LogP contribution in [0.2, 0.25) is 0 Å². The summed E-state index contributed by atoms with van der Waals surface area (Å²) in [5.41, 5.74) is 1.49. The molecule has 0 spiro atoms. The molecule has 0 radical (unpaired) electrons. The van der Waals surface area contributed by atoms with Gasteiger partial charge >= 0.3 is 0 Å². The first-order valence-electron chi connectivity index (χ1n) is 6.00. The molecule has 3 aromatic rings. The topological polar surface area (TPSA) is 30.7 Å². The maximum Gasteiger partial charge on any atom is 0.150 e. The van der Waals surface area contributed by atoms with Crippen LogP contribution in [-0.4, -0.2) is 14.5 Å². The number of aromatic nitrogens is 3. The maximum absolute atomic E-state index is 14.0. The van der Waals surface area contributed by atoms with Gasteiger partial charge < -0.3 is 0 Å². The highest BCUT2D eigenvalue weighted by molar-refractivity contribution is 6.20. The van der Waals surface area contributed by atoms with E-state index in [0.29, 0.717) is 16.9 Å². The van der Waals surface area contributed by atoms with E-state index in [1.165, 1.54) is 12.1 Å². The fraction of sp³-hybridized carbons (Fsp3) is 0.143. The summed E-state index contributed by atoms with van der Waals surface area (Å²) >= 11 is 6.11. The molecule has 2 aromatic heterocycles. The normalized spacial score (nSPS) is 12.8. The van der Waals surface area contributed by atoms with Gasteiger partial charge in [0, 0.05) is 12.3 Å². The van der Waals surface area contributed by atoms with Crippen LogP contribution in [0.3, 0.4) is 0 Å². The zero-order valence-electron chi connectivity index (χ0n) is 10.5. The van der Waals surface area contributed by atoms with Crippen LogP contribution in [-0.2, 0) is 0 Å². The number of fused-ring (bicyclic) bond motifs is 1. The van der Waals surface area contributed by atoms with Gasteiger partial charge in [-0.1, -0.05) is 0 Å². The molecule has 3 nitrogen and oxygen atoms in total. The van der Waals surface area contributed by atoms with Crippen molar-refractivity contribution >= 4 is 22.6 Å². The summed E-state index contributed by atoms with van der Waals surface area (Å²) in [4.78, 5) is 8.34. The molecule has 1 unspecified atom stereocenters. The molecule has 1 atom stereocenters. The Balaban J connectivity index is 2.36. The molecule has 0 bridgehead atoms. The van der Waals surface area contributed by atoms with Crippen LogP contribution in [0.1, 0.15) is 18.1 Å². The average Bonchev–Trinajstić information content (AvgIpc) is 2.78. The van der Waals surface area contributed by atoms with Crippen molar-refractivity contribution in [2.45, 2.75) is 12.3 Å². The predicted molar refractivity (Wildman–Crippen MR) is 73.0 cm³/mol. The first-order valence-corrected chi connectivity index (χ1v) is 6.43. The first-order chi connectivity index (χ1) is 9.58. The summed E-state index contributed by atoms with van der Waals surface area (Å²) in [5, 5.41) is -0.424. The van der Waals surface area contributed by atoms with Crippen molar-refractivity contribution in [3.8, 4) is 5.69 Å². The molecule has 20 heavy (non-hydrogen) atoms. The standard InChI is InChI=1S/C14H10ClF2N3/c1-8(15)14-19-11-7-18-5-4-13(11)20(14)12-3-2-9(16)6-10(12)17/h2-8H,1H3. The molecule has 0 saturated heterocycles. The van der Waals surface area contributed by atoms with Crippen molar-refractivity contribution in [2.24, 2.45) is 0 Å². The van der Waals surface area contributed by atoms with E-state index in [2.05, 4.69) is 9.97 Å². The van der Waals surface area contributed by atoms with Crippen molar-refractivity contribution < 1.29 is 8.78 Å². The molecule has 1 aromatic carbocycles. The average molecular weight is 294 g/mol. The number of nitrogens with zero attached hydrogens (tertiary/aromatic N) is 3. The monoisotopic (exact) mass is 293 g/mol. The minimum atomic E-state index is -0.667. The second kappa shape index (κ2) is 4.83. The smallest absolute Gasteiger partial charge is 0.150 e. The van der Waals surface area contributed by atoms with E-state index >= 15 is 0 Å². The lowest BCUT2D eigenvalue weighted by atomic mass is 10.2. The van der Waals surface area contributed by atoms with Crippen LogP contribution in [0.15, 0.2) is 36.7 Å². The van der Waals surface area contributed by atoms with Crippen molar-refractivity contribution in [3.05, 3.63) is 54.1 Å². The van der Waals surface area contributed by atoms with Gasteiger partial charge in [0.25, 0.3) is 0 Å². The van der Waals surface area contributed by atoms with E-state index in [-0.39, 0.29) is 5.69 Å². The zero-order chi connectivity index (χ0) is 14.3. The molecule has 0 N–H and O–H groups in total. The molecule has 0 aliphatic rings. The van der Waals surface area contributed by atoms with Gasteiger partial charge in [-0.3, -0.25) is 9.55 Å². The summed E-state index contributed by atoms with van der Waals surface area (Å²) in [6, 6.07) is 5.13. The van der Waals surface area contributed by atoms with Gasteiger partial charge in [0.1, 0.15) is 23.0 Å². The number of hydrogen-bond donors (Lipinski definition) is 0. The van der Waals surface area contributed by atoms with Crippen molar-refractivity contribution in [3.63, 3.8) is 0 Å². The lowest BCUT2D eigenvalue weighted by Crippen LogP contribution is -2.04. The maximum atomic E-state index is 14.0. The number of halogens is 3. The molecular weight excluding hydrogens is 284 g/mol. The number of imidazole rings is 1. The number of hydrogen-bond acceptors (Lipinski definition) is 2. The van der Waals surface area contributed by atoms with E-state index in [9.17, 15) is 8.78 Å². The highest BCUT2D eigenvalue weighted by Gasteiger charge is 2.18. The van der Waals surface area contributed by atoms with Crippen LogP contribution in [0, 0.1) is 11.6 Å². The summed E-state index contributed by atoms with van der Waals surface area (Å²) in [7, 11) is 0. The fourth-order valence-electron chi connectivity index (χ4n) is 2.13. The fourth-order valence-corrected chi connectivity index (χ4v) is 2.28. The quantitative estimate of drug-likeness (QED) is 0.669. The van der Waals surface area contributed by atoms with Gasteiger partial charge in [0.2, 0.25) is 0 Å². The van der Waals surface area contributed by atoms with Crippen molar-refractivity contribution in [2.75, 3.05) is 0 Å². The van der Waals surface area contributed by atoms with Crippen LogP contribution in [0.4, 0.5) is 8.78 Å². The van der Waals surface area contributed by atoms with Crippen molar-refractivity contribution in [1.29, 1.82) is 0 Å². The molecule has 2 heterocycles. The third-order valence-electron chi connectivity index (χ3n) is 2.99. The predicted octanol–water partition coefficient (Wildman–Crippen LogP) is 4.00. The molecular formula is C14H10ClF2N3. The SMILES string of the molecule is CC(Cl)c1nc2cnccc2n1-c1ccc(F)cc1F. The molecule has 0 aliphatic heterocycles. The highest BCUT2D eigenvalue weighted by Crippen LogP contribution is 2.29. The third kappa shape index (κ3) is 2.04. The first kappa shape index (κ1) is 13.0. The van der Waals surface area contributed by atoms with Crippen LogP contribution in [0.5, 0.6) is 0 Å². The van der Waals surface area contributed by atoms with Gasteiger partial charge in [-0.2, -0.15) is 0 Å². The zero-order valence-corrected chi connectivity index (χ0v) is 11.3. The highest BCUT2D eigenvalue weighted by atomic mass is 35.5. The van der Waals surface area contributed by atoms with Gasteiger partial charge in [0.05, 0.1) is 22.8 Å². The summed E-state index contributed by atoms with van der Waals surface area (Å²) in [6.07, 6.45) is 3.17. The van der Waals surface area contributed by atoms with Gasteiger partial charge in [-0.25, -0.2) is 13.8 Å². The molecule has 0 amide bonds. The minimum Gasteiger partial charge on any atom is -0.292 e. The number of rotatable bonds is 2. The summed E-state index contributed by atoms with van der Waals surface area (Å²) < 4.78 is 28.7. The molecule has 102 valence electrons. The van der Waals surface area contributed by atoms with E-state index in [4.69, 9.17) is 11.6 Å². The Bertz CT molecular complexity index is 783. The van der Waals surface area contributed by atoms with Crippen LogP contribution >= 0.6 is 11.6 Å². The molecule has 0 fully saturated rings. The lowest BCUT2D eigenvalue weighted by Gasteiger charge is -2.11. The lowest BCUT2D eigenvalue weighted by molar-refractivity contribution is 0.577. The van der Waals surface area contributed by atoms with Crippen LogP contribution in [0.25, 0.3) is 16.7 Å². The Labute approximate surface area is 118 Å². The Morgan fingerprint density at radius 2 is 2.05 bits per heavy atom. The van der Waals surface area contributed by atoms with E-state index in [1.54, 1.807) is 30.0 Å². The molecule has 0 aliphatic carbocycles. The van der Waals surface area contributed by atoms with Gasteiger partial charge in [0.15, 0.2) is 0 Å². The molecule has 3 rings (SSSR count).